The minimum atomic E-state index is -0.981. The maximum absolute atomic E-state index is 14.0. The van der Waals surface area contributed by atoms with Crippen molar-refractivity contribution < 1.29 is 18.4 Å². The number of amides is 2. The van der Waals surface area contributed by atoms with Crippen LogP contribution in [0.5, 0.6) is 0 Å². The van der Waals surface area contributed by atoms with Crippen LogP contribution in [0, 0.1) is 25.5 Å². The molecule has 0 spiro atoms. The molecule has 0 aromatic heterocycles. The molecular formula is C20H22F2N2O2. The first kappa shape index (κ1) is 19.6. The summed E-state index contributed by atoms with van der Waals surface area (Å²) >= 11 is 0. The van der Waals surface area contributed by atoms with Gasteiger partial charge in [0.1, 0.15) is 11.6 Å². The third-order valence-corrected chi connectivity index (χ3v) is 4.10. The summed E-state index contributed by atoms with van der Waals surface area (Å²) in [6, 6.07) is 7.99. The van der Waals surface area contributed by atoms with Gasteiger partial charge in [-0.15, -0.1) is 0 Å². The fraction of sp³-hybridized carbons (Fsp3) is 0.300. The van der Waals surface area contributed by atoms with Gasteiger partial charge in [0.2, 0.25) is 0 Å². The number of nitrogens with zero attached hydrogens (tertiary/aromatic N) is 1. The van der Waals surface area contributed by atoms with Gasteiger partial charge in [0.15, 0.2) is 0 Å². The smallest absolute Gasteiger partial charge is 0.267 e. The summed E-state index contributed by atoms with van der Waals surface area (Å²) in [6.07, 6.45) is 0. The molecule has 0 saturated heterocycles. The van der Waals surface area contributed by atoms with Crippen LogP contribution in [0.3, 0.4) is 0 Å². The molecule has 0 atom stereocenters. The van der Waals surface area contributed by atoms with Crippen LogP contribution < -0.4 is 5.43 Å². The lowest BCUT2D eigenvalue weighted by atomic mass is 10.0. The summed E-state index contributed by atoms with van der Waals surface area (Å²) in [5.74, 6) is -2.99. The largest absolute Gasteiger partial charge is 0.275 e. The highest BCUT2D eigenvalue weighted by Gasteiger charge is 2.31. The van der Waals surface area contributed by atoms with Crippen LogP contribution in [0.2, 0.25) is 0 Å². The molecule has 0 bridgehead atoms. The first-order valence-corrected chi connectivity index (χ1v) is 8.19. The molecule has 0 heterocycles. The molecule has 2 aromatic carbocycles. The number of nitrogens with one attached hydrogen (secondary N) is 1. The quantitative estimate of drug-likeness (QED) is 0.818. The minimum absolute atomic E-state index is 0.317. The van der Waals surface area contributed by atoms with E-state index in [4.69, 9.17) is 0 Å². The second-order valence-corrected chi connectivity index (χ2v) is 7.12. The molecule has 6 heteroatoms. The van der Waals surface area contributed by atoms with Gasteiger partial charge in [0.25, 0.3) is 11.8 Å². The van der Waals surface area contributed by atoms with E-state index in [1.807, 2.05) is 19.9 Å². The first-order chi connectivity index (χ1) is 12.0. The summed E-state index contributed by atoms with van der Waals surface area (Å²) in [4.78, 5) is 25.5. The predicted octanol–water partition coefficient (Wildman–Crippen LogP) is 4.17. The molecule has 0 unspecified atom stereocenters. The molecule has 0 aliphatic heterocycles. The van der Waals surface area contributed by atoms with E-state index in [0.29, 0.717) is 11.6 Å². The lowest BCUT2D eigenvalue weighted by Crippen LogP contribution is -2.56. The van der Waals surface area contributed by atoms with Gasteiger partial charge in [-0.3, -0.25) is 15.0 Å². The van der Waals surface area contributed by atoms with Crippen molar-refractivity contribution >= 4 is 11.8 Å². The van der Waals surface area contributed by atoms with Crippen molar-refractivity contribution in [1.29, 1.82) is 0 Å². The molecule has 2 rings (SSSR count). The maximum Gasteiger partial charge on any atom is 0.275 e. The van der Waals surface area contributed by atoms with Gasteiger partial charge < -0.3 is 0 Å². The van der Waals surface area contributed by atoms with Crippen LogP contribution >= 0.6 is 0 Å². The summed E-state index contributed by atoms with van der Waals surface area (Å²) in [5.41, 5.74) is 3.58. The Labute approximate surface area is 151 Å². The molecule has 26 heavy (non-hydrogen) atoms. The van der Waals surface area contributed by atoms with Crippen LogP contribution in [0.1, 0.15) is 52.6 Å². The van der Waals surface area contributed by atoms with Crippen LogP contribution in [-0.4, -0.2) is 22.4 Å². The number of benzene rings is 2. The third kappa shape index (κ3) is 4.07. The van der Waals surface area contributed by atoms with Crippen molar-refractivity contribution in [3.63, 3.8) is 0 Å². The normalized spacial score (nSPS) is 11.2. The number of rotatable bonds is 2. The Morgan fingerprint density at radius 1 is 1.00 bits per heavy atom. The van der Waals surface area contributed by atoms with Crippen LogP contribution in [0.15, 0.2) is 36.4 Å². The molecule has 1 N–H and O–H groups in total. The highest BCUT2D eigenvalue weighted by atomic mass is 19.1. The Bertz CT molecular complexity index is 857. The lowest BCUT2D eigenvalue weighted by molar-refractivity contribution is 0.0354. The van der Waals surface area contributed by atoms with E-state index in [2.05, 4.69) is 5.43 Å². The highest BCUT2D eigenvalue weighted by molar-refractivity contribution is 6.00. The fourth-order valence-electron chi connectivity index (χ4n) is 2.47. The van der Waals surface area contributed by atoms with Gasteiger partial charge >= 0.3 is 0 Å². The average Bonchev–Trinajstić information content (AvgIpc) is 2.53. The zero-order valence-corrected chi connectivity index (χ0v) is 15.5. The highest BCUT2D eigenvalue weighted by Crippen LogP contribution is 2.19. The number of hydrogen-bond donors (Lipinski definition) is 1. The van der Waals surface area contributed by atoms with E-state index in [1.165, 1.54) is 0 Å². The molecule has 2 aromatic rings. The Morgan fingerprint density at radius 2 is 1.65 bits per heavy atom. The SMILES string of the molecule is Cc1cccc(C(=O)NN(C(=O)c2ccc(F)cc2F)C(C)(C)C)c1C. The standard InChI is InChI=1S/C20H22F2N2O2/c1-12-7-6-8-15(13(12)2)18(25)23-24(20(3,4)5)19(26)16-10-9-14(21)11-17(16)22/h6-11H,1-5H3,(H,23,25). The van der Waals surface area contributed by atoms with E-state index in [0.717, 1.165) is 28.3 Å². The molecule has 2 amide bonds. The summed E-state index contributed by atoms with van der Waals surface area (Å²) in [5, 5.41) is 1.06. The Hall–Kier alpha value is -2.76. The van der Waals surface area contributed by atoms with Crippen molar-refractivity contribution in [3.8, 4) is 0 Å². The van der Waals surface area contributed by atoms with Crippen LogP contribution in [-0.2, 0) is 0 Å². The van der Waals surface area contributed by atoms with E-state index in [1.54, 1.807) is 32.9 Å². The fourth-order valence-corrected chi connectivity index (χ4v) is 2.47. The Morgan fingerprint density at radius 3 is 2.23 bits per heavy atom. The van der Waals surface area contributed by atoms with Crippen molar-refractivity contribution in [3.05, 3.63) is 70.3 Å². The lowest BCUT2D eigenvalue weighted by Gasteiger charge is -2.35. The van der Waals surface area contributed by atoms with Gasteiger partial charge in [0.05, 0.1) is 11.1 Å². The third-order valence-electron chi connectivity index (χ3n) is 4.10. The minimum Gasteiger partial charge on any atom is -0.267 e. The Kier molecular flexibility index (Phi) is 5.44. The average molecular weight is 360 g/mol. The molecule has 0 aliphatic rings. The van der Waals surface area contributed by atoms with Crippen molar-refractivity contribution in [2.24, 2.45) is 0 Å². The molecule has 0 saturated carbocycles. The molecule has 0 aliphatic carbocycles. The van der Waals surface area contributed by atoms with Gasteiger partial charge in [0, 0.05) is 11.6 Å². The second kappa shape index (κ2) is 7.23. The Balaban J connectivity index is 2.38. The van der Waals surface area contributed by atoms with E-state index >= 15 is 0 Å². The molecule has 0 fully saturated rings. The molecule has 4 nitrogen and oxygen atoms in total. The van der Waals surface area contributed by atoms with E-state index in [-0.39, 0.29) is 5.56 Å². The van der Waals surface area contributed by atoms with Gasteiger partial charge in [-0.25, -0.2) is 13.8 Å². The molecular weight excluding hydrogens is 338 g/mol. The molecule has 0 radical (unpaired) electrons. The number of aryl methyl sites for hydroxylation is 1. The number of carbonyl (C=O) groups is 2. The van der Waals surface area contributed by atoms with Gasteiger partial charge in [-0.2, -0.15) is 0 Å². The van der Waals surface area contributed by atoms with Gasteiger partial charge in [-0.1, -0.05) is 12.1 Å². The van der Waals surface area contributed by atoms with Gasteiger partial charge in [-0.05, 0) is 63.9 Å². The molecule has 138 valence electrons. The first-order valence-electron chi connectivity index (χ1n) is 8.19. The van der Waals surface area contributed by atoms with Crippen molar-refractivity contribution in [2.75, 3.05) is 0 Å². The zero-order valence-electron chi connectivity index (χ0n) is 15.5. The van der Waals surface area contributed by atoms with Crippen LogP contribution in [0.4, 0.5) is 8.78 Å². The number of hydrazine groups is 1. The monoisotopic (exact) mass is 360 g/mol. The van der Waals surface area contributed by atoms with E-state index < -0.39 is 29.0 Å². The van der Waals surface area contributed by atoms with E-state index in [9.17, 15) is 18.4 Å². The number of halogens is 2. The summed E-state index contributed by atoms with van der Waals surface area (Å²) in [6.45, 7) is 8.81. The zero-order chi connectivity index (χ0) is 19.6. The number of hydrogen-bond acceptors (Lipinski definition) is 2. The van der Waals surface area contributed by atoms with Crippen molar-refractivity contribution in [1.82, 2.24) is 10.4 Å². The summed E-state index contributed by atoms with van der Waals surface area (Å²) < 4.78 is 27.2. The van der Waals surface area contributed by atoms with Crippen LogP contribution in [0.25, 0.3) is 0 Å². The summed E-state index contributed by atoms with van der Waals surface area (Å²) in [7, 11) is 0. The number of carbonyl (C=O) groups excluding carboxylic acids is 2. The topological polar surface area (TPSA) is 49.4 Å². The predicted molar refractivity (Wildman–Crippen MR) is 95.7 cm³/mol. The maximum atomic E-state index is 14.0. The van der Waals surface area contributed by atoms with Crippen molar-refractivity contribution in [2.45, 2.75) is 40.2 Å². The second-order valence-electron chi connectivity index (χ2n) is 7.12.